The highest BCUT2D eigenvalue weighted by Crippen LogP contribution is 2.22. The molecular weight excluding hydrogens is 374 g/mol. The smallest absolute Gasteiger partial charge is 0.349 e. The summed E-state index contributed by atoms with van der Waals surface area (Å²) < 4.78 is 11.6. The molecule has 2 rings (SSSR count). The summed E-state index contributed by atoms with van der Waals surface area (Å²) in [4.78, 5) is 23.1. The Kier molecular flexibility index (Phi) is 6.37. The summed E-state index contributed by atoms with van der Waals surface area (Å²) in [6.45, 7) is 3.49. The summed E-state index contributed by atoms with van der Waals surface area (Å²) in [5.74, 6) is 0.457. The topological polar surface area (TPSA) is 64.6 Å². The molecule has 1 N–H and O–H groups in total. The molecule has 6 heteroatoms. The van der Waals surface area contributed by atoms with E-state index in [4.69, 9.17) is 9.47 Å². The lowest BCUT2D eigenvalue weighted by molar-refractivity contribution is -0.136. The number of rotatable bonds is 6. The third-order valence-corrected chi connectivity index (χ3v) is 3.67. The molecule has 0 aromatic heterocycles. The number of ether oxygens (including phenoxy) is 2. The van der Waals surface area contributed by atoms with Gasteiger partial charge in [0.15, 0.2) is 6.61 Å². The maximum absolute atomic E-state index is 11.8. The van der Waals surface area contributed by atoms with Gasteiger partial charge in [0.2, 0.25) is 5.91 Å². The minimum atomic E-state index is -0.498. The minimum absolute atomic E-state index is 0.0713. The second-order valence-corrected chi connectivity index (χ2v) is 6.01. The fourth-order valence-electron chi connectivity index (χ4n) is 1.93. The number of amides is 1. The van der Waals surface area contributed by atoms with Gasteiger partial charge in [-0.25, -0.2) is 4.79 Å². The van der Waals surface area contributed by atoms with Gasteiger partial charge in [-0.05, 0) is 55.0 Å². The number of benzene rings is 2. The monoisotopic (exact) mass is 391 g/mol. The van der Waals surface area contributed by atoms with E-state index in [0.29, 0.717) is 23.6 Å². The number of anilines is 1. The fourth-order valence-corrected chi connectivity index (χ4v) is 2.40. The van der Waals surface area contributed by atoms with Gasteiger partial charge in [0, 0.05) is 16.6 Å². The van der Waals surface area contributed by atoms with Crippen molar-refractivity contribution < 1.29 is 19.1 Å². The molecule has 1 amide bonds. The fraction of sp³-hybridized carbons (Fsp3) is 0.222. The molecule has 2 aromatic carbocycles. The predicted molar refractivity (Wildman–Crippen MR) is 95.4 cm³/mol. The number of aryl methyl sites for hydroxylation is 1. The van der Waals surface area contributed by atoms with Crippen molar-refractivity contribution in [3.63, 3.8) is 0 Å². The first-order chi connectivity index (χ1) is 11.5. The van der Waals surface area contributed by atoms with Crippen molar-refractivity contribution in [2.75, 3.05) is 11.9 Å². The summed E-state index contributed by atoms with van der Waals surface area (Å²) in [6.07, 6.45) is 0.406. The molecule has 0 aliphatic rings. The molecule has 126 valence electrons. The van der Waals surface area contributed by atoms with Crippen molar-refractivity contribution >= 4 is 33.5 Å². The second-order valence-electron chi connectivity index (χ2n) is 5.10. The second kappa shape index (κ2) is 8.49. The standard InChI is InChI=1S/C18H18BrNO4/c1-3-17(21)20-14-5-7-15(8-6-14)24-18(22)11-23-16-9-4-13(19)10-12(16)2/h4-10H,3,11H2,1-2H3,(H,20,21). The average Bonchev–Trinajstić information content (AvgIpc) is 2.55. The zero-order valence-corrected chi connectivity index (χ0v) is 15.1. The summed E-state index contributed by atoms with van der Waals surface area (Å²) in [6, 6.07) is 12.1. The first-order valence-corrected chi connectivity index (χ1v) is 8.26. The molecule has 24 heavy (non-hydrogen) atoms. The Hall–Kier alpha value is -2.34. The molecule has 0 spiro atoms. The van der Waals surface area contributed by atoms with E-state index in [0.717, 1.165) is 10.0 Å². The van der Waals surface area contributed by atoms with Crippen LogP contribution in [0.5, 0.6) is 11.5 Å². The van der Waals surface area contributed by atoms with Crippen LogP contribution in [0.1, 0.15) is 18.9 Å². The number of halogens is 1. The molecule has 0 bridgehead atoms. The Labute approximate surface area is 149 Å². The molecule has 0 saturated carbocycles. The molecule has 2 aromatic rings. The number of esters is 1. The Morgan fingerprint density at radius 1 is 1.12 bits per heavy atom. The van der Waals surface area contributed by atoms with Crippen LogP contribution in [-0.2, 0) is 9.59 Å². The number of hydrogen-bond donors (Lipinski definition) is 1. The first kappa shape index (κ1) is 18.0. The van der Waals surface area contributed by atoms with Crippen molar-refractivity contribution in [3.8, 4) is 11.5 Å². The van der Waals surface area contributed by atoms with Gasteiger partial charge < -0.3 is 14.8 Å². The van der Waals surface area contributed by atoms with Crippen molar-refractivity contribution in [2.24, 2.45) is 0 Å². The van der Waals surface area contributed by atoms with E-state index in [1.165, 1.54) is 0 Å². The molecule has 5 nitrogen and oxygen atoms in total. The maximum Gasteiger partial charge on any atom is 0.349 e. The molecular formula is C18H18BrNO4. The van der Waals surface area contributed by atoms with Gasteiger partial charge in [-0.3, -0.25) is 4.79 Å². The van der Waals surface area contributed by atoms with Crippen molar-refractivity contribution in [3.05, 3.63) is 52.5 Å². The van der Waals surface area contributed by atoms with E-state index in [1.807, 2.05) is 19.1 Å². The Morgan fingerprint density at radius 3 is 2.46 bits per heavy atom. The number of nitrogens with one attached hydrogen (secondary N) is 1. The van der Waals surface area contributed by atoms with E-state index >= 15 is 0 Å². The van der Waals surface area contributed by atoms with Crippen LogP contribution >= 0.6 is 15.9 Å². The molecule has 0 aliphatic heterocycles. The summed E-state index contributed by atoms with van der Waals surface area (Å²) in [7, 11) is 0. The molecule has 0 saturated heterocycles. The SMILES string of the molecule is CCC(=O)Nc1ccc(OC(=O)COc2ccc(Br)cc2C)cc1. The first-order valence-electron chi connectivity index (χ1n) is 7.47. The number of carbonyl (C=O) groups is 2. The summed E-state index contributed by atoms with van der Waals surface area (Å²) in [5.41, 5.74) is 1.58. The van der Waals surface area contributed by atoms with E-state index in [1.54, 1.807) is 37.3 Å². The maximum atomic E-state index is 11.8. The van der Waals surface area contributed by atoms with Crippen LogP contribution in [0, 0.1) is 6.92 Å². The van der Waals surface area contributed by atoms with Gasteiger partial charge in [0.1, 0.15) is 11.5 Å². The number of hydrogen-bond acceptors (Lipinski definition) is 4. The van der Waals surface area contributed by atoms with E-state index in [9.17, 15) is 9.59 Å². The number of carbonyl (C=O) groups excluding carboxylic acids is 2. The lowest BCUT2D eigenvalue weighted by Crippen LogP contribution is -2.18. The van der Waals surface area contributed by atoms with E-state index in [2.05, 4.69) is 21.2 Å². The van der Waals surface area contributed by atoms with Crippen LogP contribution in [0.3, 0.4) is 0 Å². The van der Waals surface area contributed by atoms with Gasteiger partial charge in [0.05, 0.1) is 0 Å². The predicted octanol–water partition coefficient (Wildman–Crippen LogP) is 4.09. The molecule has 0 atom stereocenters. The summed E-state index contributed by atoms with van der Waals surface area (Å²) >= 11 is 3.37. The van der Waals surface area contributed by atoms with Crippen LogP contribution in [0.4, 0.5) is 5.69 Å². The highest BCUT2D eigenvalue weighted by atomic mass is 79.9. The van der Waals surface area contributed by atoms with Gasteiger partial charge in [-0.1, -0.05) is 22.9 Å². The highest BCUT2D eigenvalue weighted by Gasteiger charge is 2.08. The molecule has 0 radical (unpaired) electrons. The van der Waals surface area contributed by atoms with Gasteiger partial charge in [-0.15, -0.1) is 0 Å². The molecule has 0 unspecified atom stereocenters. The third kappa shape index (κ3) is 5.38. The molecule has 0 fully saturated rings. The van der Waals surface area contributed by atoms with E-state index < -0.39 is 5.97 Å². The quantitative estimate of drug-likeness (QED) is 0.594. The van der Waals surface area contributed by atoms with Crippen LogP contribution in [-0.4, -0.2) is 18.5 Å². The van der Waals surface area contributed by atoms with Gasteiger partial charge in [0.25, 0.3) is 0 Å². The third-order valence-electron chi connectivity index (χ3n) is 3.17. The minimum Gasteiger partial charge on any atom is -0.482 e. The van der Waals surface area contributed by atoms with Crippen LogP contribution in [0.2, 0.25) is 0 Å². The zero-order chi connectivity index (χ0) is 17.5. The van der Waals surface area contributed by atoms with Gasteiger partial charge in [-0.2, -0.15) is 0 Å². The lowest BCUT2D eigenvalue weighted by Gasteiger charge is -2.10. The van der Waals surface area contributed by atoms with Gasteiger partial charge >= 0.3 is 5.97 Å². The largest absolute Gasteiger partial charge is 0.482 e. The van der Waals surface area contributed by atoms with Crippen LogP contribution in [0.25, 0.3) is 0 Å². The van der Waals surface area contributed by atoms with E-state index in [-0.39, 0.29) is 12.5 Å². The lowest BCUT2D eigenvalue weighted by atomic mass is 10.2. The van der Waals surface area contributed by atoms with Crippen LogP contribution in [0.15, 0.2) is 46.9 Å². The van der Waals surface area contributed by atoms with Crippen molar-refractivity contribution in [1.82, 2.24) is 0 Å². The zero-order valence-electron chi connectivity index (χ0n) is 13.5. The highest BCUT2D eigenvalue weighted by molar-refractivity contribution is 9.10. The van der Waals surface area contributed by atoms with Crippen LogP contribution < -0.4 is 14.8 Å². The Morgan fingerprint density at radius 2 is 1.83 bits per heavy atom. The average molecular weight is 392 g/mol. The Bertz CT molecular complexity index is 728. The van der Waals surface area contributed by atoms with Crippen molar-refractivity contribution in [1.29, 1.82) is 0 Å². The van der Waals surface area contributed by atoms with Crippen molar-refractivity contribution in [2.45, 2.75) is 20.3 Å². The molecule has 0 aliphatic carbocycles. The molecule has 0 heterocycles. The normalized spacial score (nSPS) is 10.1. The Balaban J connectivity index is 1.86. The summed E-state index contributed by atoms with van der Waals surface area (Å²) in [5, 5.41) is 2.72.